The van der Waals surface area contributed by atoms with Crippen LogP contribution in [0.1, 0.15) is 0 Å². The first-order valence-corrected chi connectivity index (χ1v) is 14.8. The van der Waals surface area contributed by atoms with E-state index in [2.05, 4.69) is 0 Å². The standard InChI is InChI=1S/C38H34O8/c1-43-36-26(24-11-7-4-8-12-24)15-16-28-33(36)38(46-20-18-40)37(44-2)32(35(28)42)30-22-31(45-19-17-39)29-21-25(13-14-27(29)34(30)41)23-9-5-3-6-10-23/h3-16,21-22,39-42H,17-20H2,1-2H3. The van der Waals surface area contributed by atoms with Gasteiger partial charge in [0.25, 0.3) is 0 Å². The highest BCUT2D eigenvalue weighted by atomic mass is 16.5. The van der Waals surface area contributed by atoms with E-state index in [-0.39, 0.29) is 60.6 Å². The van der Waals surface area contributed by atoms with E-state index in [1.165, 1.54) is 14.2 Å². The van der Waals surface area contributed by atoms with Gasteiger partial charge < -0.3 is 39.4 Å². The maximum absolute atomic E-state index is 12.0. The molecule has 8 nitrogen and oxygen atoms in total. The van der Waals surface area contributed by atoms with Crippen LogP contribution in [0, 0.1) is 0 Å². The average Bonchev–Trinajstić information content (AvgIpc) is 3.11. The molecule has 0 aliphatic carbocycles. The van der Waals surface area contributed by atoms with E-state index in [0.717, 1.165) is 22.3 Å². The molecule has 0 fully saturated rings. The van der Waals surface area contributed by atoms with Crippen LogP contribution in [-0.2, 0) is 0 Å². The molecule has 46 heavy (non-hydrogen) atoms. The van der Waals surface area contributed by atoms with Crippen molar-refractivity contribution in [2.24, 2.45) is 0 Å². The Morgan fingerprint density at radius 3 is 1.80 bits per heavy atom. The molecule has 0 atom stereocenters. The highest BCUT2D eigenvalue weighted by Gasteiger charge is 2.29. The number of phenols is 2. The van der Waals surface area contributed by atoms with Crippen molar-refractivity contribution >= 4 is 21.5 Å². The lowest BCUT2D eigenvalue weighted by atomic mass is 9.91. The number of ether oxygens (including phenoxy) is 4. The molecule has 6 aromatic carbocycles. The van der Waals surface area contributed by atoms with E-state index in [9.17, 15) is 20.4 Å². The predicted octanol–water partition coefficient (Wildman–Crippen LogP) is 7.16. The summed E-state index contributed by atoms with van der Waals surface area (Å²) in [5, 5.41) is 45.0. The van der Waals surface area contributed by atoms with Crippen molar-refractivity contribution < 1.29 is 39.4 Å². The van der Waals surface area contributed by atoms with Gasteiger partial charge in [-0.15, -0.1) is 0 Å². The second-order valence-electron chi connectivity index (χ2n) is 10.6. The van der Waals surface area contributed by atoms with Crippen LogP contribution in [0.2, 0.25) is 0 Å². The van der Waals surface area contributed by atoms with E-state index in [1.54, 1.807) is 18.2 Å². The molecule has 0 aliphatic rings. The van der Waals surface area contributed by atoms with Crippen molar-refractivity contribution in [3.05, 3.63) is 97.1 Å². The maximum atomic E-state index is 12.0. The number of aliphatic hydroxyl groups excluding tert-OH is 2. The van der Waals surface area contributed by atoms with Crippen LogP contribution < -0.4 is 18.9 Å². The summed E-state index contributed by atoms with van der Waals surface area (Å²) in [5.74, 6) is 0.909. The number of benzene rings is 6. The molecule has 234 valence electrons. The highest BCUT2D eigenvalue weighted by molar-refractivity contribution is 6.11. The second-order valence-corrected chi connectivity index (χ2v) is 10.6. The number of phenolic OH excluding ortho intramolecular Hbond substituents is 2. The van der Waals surface area contributed by atoms with E-state index in [1.807, 2.05) is 78.9 Å². The van der Waals surface area contributed by atoms with Crippen molar-refractivity contribution in [2.45, 2.75) is 0 Å². The van der Waals surface area contributed by atoms with Gasteiger partial charge in [0, 0.05) is 27.3 Å². The van der Waals surface area contributed by atoms with Crippen LogP contribution in [0.3, 0.4) is 0 Å². The monoisotopic (exact) mass is 618 g/mol. The first kappa shape index (κ1) is 30.6. The Morgan fingerprint density at radius 1 is 0.522 bits per heavy atom. The maximum Gasteiger partial charge on any atom is 0.173 e. The summed E-state index contributed by atoms with van der Waals surface area (Å²) in [5.41, 5.74) is 3.96. The van der Waals surface area contributed by atoms with Gasteiger partial charge in [-0.2, -0.15) is 0 Å². The molecule has 4 N–H and O–H groups in total. The lowest BCUT2D eigenvalue weighted by Gasteiger charge is -2.23. The third-order valence-corrected chi connectivity index (χ3v) is 7.94. The fraction of sp³-hybridized carbons (Fsp3) is 0.158. The van der Waals surface area contributed by atoms with Gasteiger partial charge in [-0.05, 0) is 47.0 Å². The van der Waals surface area contributed by atoms with Crippen LogP contribution in [0.15, 0.2) is 97.1 Å². The lowest BCUT2D eigenvalue weighted by Crippen LogP contribution is -2.06. The van der Waals surface area contributed by atoms with Gasteiger partial charge in [0.1, 0.15) is 36.2 Å². The predicted molar refractivity (Wildman–Crippen MR) is 179 cm³/mol. The Hall–Kier alpha value is -5.44. The Bertz CT molecular complexity index is 2010. The molecule has 0 saturated heterocycles. The molecule has 6 rings (SSSR count). The molecule has 0 spiro atoms. The number of hydrogen-bond acceptors (Lipinski definition) is 8. The summed E-state index contributed by atoms with van der Waals surface area (Å²) in [4.78, 5) is 0. The molecule has 0 aromatic heterocycles. The molecule has 8 heteroatoms. The molecule has 0 unspecified atom stereocenters. The minimum atomic E-state index is -0.272. The molecular weight excluding hydrogens is 584 g/mol. The minimum absolute atomic E-state index is 0.0139. The van der Waals surface area contributed by atoms with Gasteiger partial charge in [0.2, 0.25) is 0 Å². The Morgan fingerprint density at radius 2 is 1.15 bits per heavy atom. The van der Waals surface area contributed by atoms with E-state index >= 15 is 0 Å². The van der Waals surface area contributed by atoms with Crippen LogP contribution in [0.25, 0.3) is 54.9 Å². The first-order valence-electron chi connectivity index (χ1n) is 14.8. The number of rotatable bonds is 11. The summed E-state index contributed by atoms with van der Waals surface area (Å²) in [6.07, 6.45) is 0. The Balaban J connectivity index is 1.67. The zero-order chi connectivity index (χ0) is 32.2. The normalized spacial score (nSPS) is 11.1. The van der Waals surface area contributed by atoms with Crippen molar-refractivity contribution in [1.29, 1.82) is 0 Å². The van der Waals surface area contributed by atoms with Crippen molar-refractivity contribution in [1.82, 2.24) is 0 Å². The third kappa shape index (κ3) is 5.38. The summed E-state index contributed by atoms with van der Waals surface area (Å²) in [7, 11) is 2.98. The fourth-order valence-electron chi connectivity index (χ4n) is 5.91. The fourth-order valence-corrected chi connectivity index (χ4v) is 5.91. The van der Waals surface area contributed by atoms with Crippen molar-refractivity contribution in [3.63, 3.8) is 0 Å². The van der Waals surface area contributed by atoms with E-state index in [4.69, 9.17) is 18.9 Å². The largest absolute Gasteiger partial charge is 0.507 e. The van der Waals surface area contributed by atoms with Crippen LogP contribution in [-0.4, -0.2) is 61.1 Å². The molecular formula is C38H34O8. The zero-order valence-electron chi connectivity index (χ0n) is 25.5. The SMILES string of the molecule is COc1c(-c2cc(OCCO)c3cc(-c4ccccc4)ccc3c2O)c(O)c2ccc(-c3ccccc3)c(OC)c2c1OCCO. The quantitative estimate of drug-likeness (QED) is 0.121. The molecule has 0 bridgehead atoms. The van der Waals surface area contributed by atoms with Gasteiger partial charge >= 0.3 is 0 Å². The van der Waals surface area contributed by atoms with E-state index in [0.29, 0.717) is 33.0 Å². The second kappa shape index (κ2) is 13.3. The first-order chi connectivity index (χ1) is 22.5. The van der Waals surface area contributed by atoms with Gasteiger partial charge in [-0.25, -0.2) is 0 Å². The smallest absolute Gasteiger partial charge is 0.173 e. The van der Waals surface area contributed by atoms with Crippen molar-refractivity contribution in [3.8, 4) is 67.9 Å². The number of fused-ring (bicyclic) bond motifs is 2. The van der Waals surface area contributed by atoms with Crippen LogP contribution in [0.5, 0.6) is 34.5 Å². The molecule has 6 aromatic rings. The van der Waals surface area contributed by atoms with Gasteiger partial charge in [-0.3, -0.25) is 0 Å². The third-order valence-electron chi connectivity index (χ3n) is 7.94. The lowest BCUT2D eigenvalue weighted by molar-refractivity contribution is 0.198. The highest BCUT2D eigenvalue weighted by Crippen LogP contribution is 2.57. The van der Waals surface area contributed by atoms with Crippen molar-refractivity contribution in [2.75, 3.05) is 40.6 Å². The zero-order valence-corrected chi connectivity index (χ0v) is 25.5. The minimum Gasteiger partial charge on any atom is -0.507 e. The molecule has 0 saturated carbocycles. The summed E-state index contributed by atoms with van der Waals surface area (Å²) < 4.78 is 24.0. The molecule has 0 amide bonds. The topological polar surface area (TPSA) is 118 Å². The van der Waals surface area contributed by atoms with Gasteiger partial charge in [0.15, 0.2) is 11.5 Å². The molecule has 0 aliphatic heterocycles. The van der Waals surface area contributed by atoms with Gasteiger partial charge in [0.05, 0.1) is 38.4 Å². The van der Waals surface area contributed by atoms with Crippen LogP contribution in [0.4, 0.5) is 0 Å². The Labute approximate surface area is 266 Å². The van der Waals surface area contributed by atoms with E-state index < -0.39 is 0 Å². The number of methoxy groups -OCH3 is 2. The van der Waals surface area contributed by atoms with Crippen LogP contribution >= 0.6 is 0 Å². The summed E-state index contributed by atoms with van der Waals surface area (Å²) >= 11 is 0. The summed E-state index contributed by atoms with van der Waals surface area (Å²) in [6.45, 7) is -0.541. The Kier molecular flexibility index (Phi) is 8.83. The molecule has 0 heterocycles. The average molecular weight is 619 g/mol. The summed E-state index contributed by atoms with van der Waals surface area (Å²) in [6, 6.07) is 30.4. The van der Waals surface area contributed by atoms with Gasteiger partial charge in [-0.1, -0.05) is 66.7 Å². The molecule has 0 radical (unpaired) electrons. The number of hydrogen-bond donors (Lipinski definition) is 4. The number of aromatic hydroxyl groups is 2. The number of aliphatic hydroxyl groups is 2.